The number of nitrogens with one attached hydrogen (secondary N) is 1. The number of nitrogens with zero attached hydrogens (tertiary/aromatic N) is 4. The summed E-state index contributed by atoms with van der Waals surface area (Å²) in [5, 5.41) is 9.56. The Morgan fingerprint density at radius 1 is 1.15 bits per heavy atom. The monoisotopic (exact) mass is 437 g/mol. The molecule has 0 saturated heterocycles. The van der Waals surface area contributed by atoms with Crippen LogP contribution in [-0.2, 0) is 13.5 Å². The van der Waals surface area contributed by atoms with E-state index in [2.05, 4.69) is 52.7 Å². The molecule has 1 N–H and O–H groups in total. The number of hydrogen-bond acceptors (Lipinski definition) is 4. The van der Waals surface area contributed by atoms with Gasteiger partial charge >= 0.3 is 0 Å². The van der Waals surface area contributed by atoms with Crippen LogP contribution in [0.2, 0.25) is 0 Å². The summed E-state index contributed by atoms with van der Waals surface area (Å²) in [7, 11) is 1.95. The van der Waals surface area contributed by atoms with E-state index in [0.717, 1.165) is 54.4 Å². The van der Waals surface area contributed by atoms with Crippen molar-refractivity contribution in [1.29, 1.82) is 0 Å². The Kier molecular flexibility index (Phi) is 4.68. The molecule has 1 aliphatic carbocycles. The number of rotatable bonds is 4. The first-order chi connectivity index (χ1) is 16.1. The lowest BCUT2D eigenvalue weighted by Crippen LogP contribution is -2.29. The van der Waals surface area contributed by atoms with E-state index in [1.54, 1.807) is 0 Å². The lowest BCUT2D eigenvalue weighted by molar-refractivity contribution is 0.0946. The van der Waals surface area contributed by atoms with Gasteiger partial charge in [0.1, 0.15) is 11.5 Å². The highest BCUT2D eigenvalue weighted by Crippen LogP contribution is 2.39. The molecule has 0 unspecified atom stereocenters. The fourth-order valence-corrected chi connectivity index (χ4v) is 4.82. The van der Waals surface area contributed by atoms with Crippen molar-refractivity contribution in [3.05, 3.63) is 71.7 Å². The van der Waals surface area contributed by atoms with Gasteiger partial charge in [0.05, 0.1) is 6.20 Å². The average molecular weight is 438 g/mol. The number of fused-ring (bicyclic) bond motifs is 2. The molecular formula is C27H27N5O. The molecule has 0 atom stereocenters. The van der Waals surface area contributed by atoms with Gasteiger partial charge in [-0.05, 0) is 72.9 Å². The van der Waals surface area contributed by atoms with E-state index in [9.17, 15) is 4.79 Å². The zero-order chi connectivity index (χ0) is 22.5. The SMILES string of the molecule is Cc1cc2c(cc1-c1cnn(C)c1)CCCN2c1nc(C(=O)NC2CC2)cc2ccccc12. The third-order valence-corrected chi connectivity index (χ3v) is 6.68. The molecule has 0 bridgehead atoms. The van der Waals surface area contributed by atoms with Crippen molar-refractivity contribution in [2.24, 2.45) is 7.05 Å². The molecule has 0 spiro atoms. The molecule has 1 aliphatic heterocycles. The quantitative estimate of drug-likeness (QED) is 0.492. The summed E-state index contributed by atoms with van der Waals surface area (Å²) < 4.78 is 1.84. The average Bonchev–Trinajstić information content (AvgIpc) is 3.54. The van der Waals surface area contributed by atoms with E-state index >= 15 is 0 Å². The van der Waals surface area contributed by atoms with Gasteiger partial charge < -0.3 is 10.2 Å². The highest BCUT2D eigenvalue weighted by molar-refractivity contribution is 6.01. The lowest BCUT2D eigenvalue weighted by Gasteiger charge is -2.32. The van der Waals surface area contributed by atoms with Gasteiger partial charge in [0, 0.05) is 42.5 Å². The van der Waals surface area contributed by atoms with Crippen molar-refractivity contribution in [3.63, 3.8) is 0 Å². The first-order valence-corrected chi connectivity index (χ1v) is 11.7. The van der Waals surface area contributed by atoms with Crippen molar-refractivity contribution in [3.8, 4) is 11.1 Å². The van der Waals surface area contributed by atoms with Crippen molar-refractivity contribution in [1.82, 2.24) is 20.1 Å². The summed E-state index contributed by atoms with van der Waals surface area (Å²) in [6.07, 6.45) is 8.17. The molecule has 2 aromatic heterocycles. The molecule has 3 heterocycles. The number of carbonyl (C=O) groups is 1. The Bertz CT molecular complexity index is 1380. The molecule has 2 aliphatic rings. The van der Waals surface area contributed by atoms with E-state index in [0.29, 0.717) is 11.7 Å². The van der Waals surface area contributed by atoms with E-state index in [1.807, 2.05) is 36.1 Å². The largest absolute Gasteiger partial charge is 0.348 e. The summed E-state index contributed by atoms with van der Waals surface area (Å²) >= 11 is 0. The number of anilines is 2. The Hall–Kier alpha value is -3.67. The Labute approximate surface area is 193 Å². The highest BCUT2D eigenvalue weighted by atomic mass is 16.2. The molecule has 6 rings (SSSR count). The Balaban J connectivity index is 1.47. The van der Waals surface area contributed by atoms with E-state index in [-0.39, 0.29) is 5.91 Å². The molecule has 166 valence electrons. The smallest absolute Gasteiger partial charge is 0.270 e. The van der Waals surface area contributed by atoms with Gasteiger partial charge in [-0.3, -0.25) is 9.48 Å². The van der Waals surface area contributed by atoms with Crippen molar-refractivity contribution in [2.75, 3.05) is 11.4 Å². The predicted molar refractivity (Wildman–Crippen MR) is 131 cm³/mol. The molecule has 6 nitrogen and oxygen atoms in total. The first kappa shape index (κ1) is 20.0. The zero-order valence-electron chi connectivity index (χ0n) is 19.0. The van der Waals surface area contributed by atoms with Crippen molar-refractivity contribution in [2.45, 2.75) is 38.6 Å². The standard InChI is InChI=1S/C27H27N5O/c1-17-12-25-19(13-23(17)20-15-28-31(2)16-20)7-5-11-32(25)26-22-8-4-3-6-18(22)14-24(30-26)27(33)29-21-9-10-21/h3-4,6,8,12-16,21H,5,7,9-11H2,1-2H3,(H,29,33). The molecule has 1 fully saturated rings. The topological polar surface area (TPSA) is 63.1 Å². The molecule has 0 radical (unpaired) electrons. The second-order valence-corrected chi connectivity index (χ2v) is 9.25. The third-order valence-electron chi connectivity index (χ3n) is 6.68. The number of aromatic nitrogens is 3. The number of hydrogen-bond donors (Lipinski definition) is 1. The summed E-state index contributed by atoms with van der Waals surface area (Å²) in [6.45, 7) is 3.03. The molecule has 1 amide bonds. The predicted octanol–water partition coefficient (Wildman–Crippen LogP) is 4.92. The van der Waals surface area contributed by atoms with Crippen LogP contribution >= 0.6 is 0 Å². The molecule has 4 aromatic rings. The van der Waals surface area contributed by atoms with Crippen molar-refractivity contribution < 1.29 is 4.79 Å². The van der Waals surface area contributed by atoms with Crippen LogP contribution in [0.15, 0.2) is 54.9 Å². The summed E-state index contributed by atoms with van der Waals surface area (Å²) in [5.41, 5.74) is 6.55. The number of pyridine rings is 1. The van der Waals surface area contributed by atoms with Gasteiger partial charge in [-0.15, -0.1) is 0 Å². The highest BCUT2D eigenvalue weighted by Gasteiger charge is 2.27. The van der Waals surface area contributed by atoms with Crippen molar-refractivity contribution >= 4 is 28.2 Å². The summed E-state index contributed by atoms with van der Waals surface area (Å²) in [4.78, 5) is 20.1. The molecular weight excluding hydrogens is 410 g/mol. The van der Waals surface area contributed by atoms with Crippen LogP contribution in [0.5, 0.6) is 0 Å². The van der Waals surface area contributed by atoms with Crippen LogP contribution in [0.3, 0.4) is 0 Å². The maximum absolute atomic E-state index is 12.9. The summed E-state index contributed by atoms with van der Waals surface area (Å²) in [6, 6.07) is 15.0. The van der Waals surface area contributed by atoms with Gasteiger partial charge in [-0.25, -0.2) is 4.98 Å². The maximum atomic E-state index is 12.9. The van der Waals surface area contributed by atoms with Gasteiger partial charge in [0.15, 0.2) is 0 Å². The van der Waals surface area contributed by atoms with Gasteiger partial charge in [0.25, 0.3) is 5.91 Å². The van der Waals surface area contributed by atoms with Gasteiger partial charge in [-0.2, -0.15) is 5.10 Å². The van der Waals surface area contributed by atoms with Gasteiger partial charge in [0.2, 0.25) is 0 Å². The van der Waals surface area contributed by atoms with Crippen LogP contribution in [0.1, 0.15) is 40.9 Å². The second-order valence-electron chi connectivity index (χ2n) is 9.25. The number of amides is 1. The second kappa shape index (κ2) is 7.73. The normalized spacial score (nSPS) is 15.5. The molecule has 1 saturated carbocycles. The van der Waals surface area contributed by atoms with Crippen LogP contribution in [0.4, 0.5) is 11.5 Å². The lowest BCUT2D eigenvalue weighted by atomic mass is 9.93. The van der Waals surface area contributed by atoms with Crippen LogP contribution in [0, 0.1) is 6.92 Å². The Morgan fingerprint density at radius 3 is 2.79 bits per heavy atom. The Morgan fingerprint density at radius 2 is 2.00 bits per heavy atom. The van der Waals surface area contributed by atoms with E-state index in [1.165, 1.54) is 22.4 Å². The van der Waals surface area contributed by atoms with E-state index < -0.39 is 0 Å². The summed E-state index contributed by atoms with van der Waals surface area (Å²) in [5.74, 6) is 0.786. The van der Waals surface area contributed by atoms with Crippen LogP contribution in [0.25, 0.3) is 21.9 Å². The van der Waals surface area contributed by atoms with Gasteiger partial charge in [-0.1, -0.05) is 24.3 Å². The minimum absolute atomic E-state index is 0.0788. The minimum Gasteiger partial charge on any atom is -0.348 e. The van der Waals surface area contributed by atoms with Crippen LogP contribution < -0.4 is 10.2 Å². The minimum atomic E-state index is -0.0788. The number of benzene rings is 2. The number of aryl methyl sites for hydroxylation is 3. The maximum Gasteiger partial charge on any atom is 0.270 e. The van der Waals surface area contributed by atoms with Crippen LogP contribution in [-0.4, -0.2) is 33.3 Å². The molecule has 2 aromatic carbocycles. The first-order valence-electron chi connectivity index (χ1n) is 11.7. The number of carbonyl (C=O) groups excluding carboxylic acids is 1. The molecule has 33 heavy (non-hydrogen) atoms. The molecule has 6 heteroatoms. The zero-order valence-corrected chi connectivity index (χ0v) is 19.0. The fourth-order valence-electron chi connectivity index (χ4n) is 4.82. The van der Waals surface area contributed by atoms with E-state index in [4.69, 9.17) is 4.98 Å². The third kappa shape index (κ3) is 3.65. The fraction of sp³-hybridized carbons (Fsp3) is 0.296.